The first kappa shape index (κ1) is 26.1. The highest BCUT2D eigenvalue weighted by Crippen LogP contribution is 2.55. The van der Waals surface area contributed by atoms with Crippen LogP contribution in [0.4, 0.5) is 0 Å². The Hall–Kier alpha value is -5.21. The van der Waals surface area contributed by atoms with E-state index in [1.165, 1.54) is 31.3 Å². The van der Waals surface area contributed by atoms with Gasteiger partial charge in [0, 0.05) is 52.5 Å². The van der Waals surface area contributed by atoms with Crippen molar-refractivity contribution in [2.45, 2.75) is 0 Å². The maximum atomic E-state index is 15.6. The molecule has 0 spiro atoms. The molecule has 0 bridgehead atoms. The van der Waals surface area contributed by atoms with Crippen molar-refractivity contribution in [3.8, 4) is 27.9 Å². The van der Waals surface area contributed by atoms with Gasteiger partial charge in [0.2, 0.25) is 0 Å². The Morgan fingerprint density at radius 2 is 1.20 bits per heavy atom. The second-order valence-electron chi connectivity index (χ2n) is 12.0. The number of hydrogen-bond donors (Lipinski definition) is 0. The van der Waals surface area contributed by atoms with Gasteiger partial charge >= 0.3 is 0 Å². The summed E-state index contributed by atoms with van der Waals surface area (Å²) in [5, 5.41) is 7.61. The molecular weight excluding hydrogens is 598 g/mol. The van der Waals surface area contributed by atoms with Gasteiger partial charge in [-0.25, -0.2) is 0 Å². The Morgan fingerprint density at radius 3 is 2.07 bits per heavy atom. The van der Waals surface area contributed by atoms with Crippen LogP contribution < -0.4 is 15.9 Å². The van der Waals surface area contributed by atoms with Gasteiger partial charge in [0.1, 0.15) is 0 Å². The van der Waals surface area contributed by atoms with Crippen LogP contribution in [-0.4, -0.2) is 4.57 Å². The lowest BCUT2D eigenvalue weighted by Gasteiger charge is -2.17. The van der Waals surface area contributed by atoms with Gasteiger partial charge in [-0.15, -0.1) is 11.3 Å². The smallest absolute Gasteiger partial charge is 0.172 e. The number of para-hydroxylation sites is 1. The third-order valence-electron chi connectivity index (χ3n) is 9.62. The number of rotatable bonds is 3. The molecule has 1 atom stereocenters. The van der Waals surface area contributed by atoms with Crippen molar-refractivity contribution < 1.29 is 4.57 Å². The molecule has 2 aromatic heterocycles. The molecule has 0 radical (unpaired) electrons. The highest BCUT2D eigenvalue weighted by atomic mass is 32.1. The summed E-state index contributed by atoms with van der Waals surface area (Å²) in [5.74, 6) is 0. The Bertz CT molecular complexity index is 2720. The van der Waals surface area contributed by atoms with Gasteiger partial charge < -0.3 is 9.13 Å². The van der Waals surface area contributed by atoms with Crippen LogP contribution >= 0.6 is 18.5 Å². The van der Waals surface area contributed by atoms with E-state index in [0.717, 1.165) is 54.5 Å². The highest BCUT2D eigenvalue weighted by Gasteiger charge is 2.42. The molecule has 216 valence electrons. The van der Waals surface area contributed by atoms with Gasteiger partial charge in [0.15, 0.2) is 7.14 Å². The molecule has 0 saturated carbocycles. The molecule has 2 nitrogen and oxygen atoms in total. The summed E-state index contributed by atoms with van der Waals surface area (Å²) < 4.78 is 20.6. The lowest BCUT2D eigenvalue weighted by Crippen LogP contribution is -2.21. The zero-order valence-electron chi connectivity index (χ0n) is 24.7. The van der Waals surface area contributed by atoms with E-state index in [4.69, 9.17) is 0 Å². The van der Waals surface area contributed by atoms with Gasteiger partial charge in [0.05, 0.1) is 11.0 Å². The number of hydrogen-bond acceptors (Lipinski definition) is 2. The second kappa shape index (κ2) is 9.64. The van der Waals surface area contributed by atoms with Crippen molar-refractivity contribution in [1.82, 2.24) is 4.57 Å². The molecule has 0 saturated heterocycles. The molecule has 0 fully saturated rings. The van der Waals surface area contributed by atoms with E-state index in [1.807, 2.05) is 47.7 Å². The van der Waals surface area contributed by atoms with Gasteiger partial charge in [-0.1, -0.05) is 121 Å². The third kappa shape index (κ3) is 3.50. The van der Waals surface area contributed by atoms with Crippen LogP contribution in [0.1, 0.15) is 0 Å². The molecule has 46 heavy (non-hydrogen) atoms. The van der Waals surface area contributed by atoms with Crippen molar-refractivity contribution >= 4 is 76.4 Å². The summed E-state index contributed by atoms with van der Waals surface area (Å²) in [6.07, 6.45) is 0. The molecule has 9 aromatic rings. The van der Waals surface area contributed by atoms with E-state index in [-0.39, 0.29) is 0 Å². The van der Waals surface area contributed by atoms with Gasteiger partial charge in [-0.2, -0.15) is 0 Å². The molecule has 7 aromatic carbocycles. The normalized spacial score (nSPS) is 15.6. The fourth-order valence-corrected chi connectivity index (χ4v) is 12.0. The van der Waals surface area contributed by atoms with E-state index < -0.39 is 7.14 Å². The zero-order valence-corrected chi connectivity index (χ0v) is 26.4. The van der Waals surface area contributed by atoms with Gasteiger partial charge in [0.25, 0.3) is 0 Å². The maximum Gasteiger partial charge on any atom is 0.172 e. The fourth-order valence-electron chi connectivity index (χ4n) is 7.58. The molecule has 1 aliphatic heterocycles. The van der Waals surface area contributed by atoms with Crippen molar-refractivity contribution in [3.05, 3.63) is 158 Å². The van der Waals surface area contributed by atoms with Crippen molar-refractivity contribution in [2.75, 3.05) is 0 Å². The molecule has 0 amide bonds. The molecule has 1 unspecified atom stereocenters. The lowest BCUT2D eigenvalue weighted by atomic mass is 10.0. The average molecular weight is 624 g/mol. The molecule has 0 N–H and O–H groups in total. The number of benzene rings is 7. The molecule has 1 aliphatic rings. The van der Waals surface area contributed by atoms with Gasteiger partial charge in [-0.3, -0.25) is 0 Å². The average Bonchev–Trinajstić information content (AvgIpc) is 3.75. The first-order valence-corrected chi connectivity index (χ1v) is 18.1. The van der Waals surface area contributed by atoms with Gasteiger partial charge in [-0.05, 0) is 58.7 Å². The minimum atomic E-state index is -3.12. The number of fused-ring (bicyclic) bond motifs is 10. The standard InChI is InChI=1S/C42H26NOPS/c44-45(30-10-2-1-3-11-30)38-16-8-5-12-31(38)34-24-25-37-41(42(34)45)35-14-4-7-15-36(35)43(37)29-21-18-27(19-22-29)28-20-23-33-32-13-6-9-17-39(32)46-40(33)26-28/h1-26H. The molecular formula is C42H26NOPS. The zero-order chi connectivity index (χ0) is 30.4. The summed E-state index contributed by atoms with van der Waals surface area (Å²) in [5.41, 5.74) is 7.82. The Balaban J connectivity index is 1.18. The van der Waals surface area contributed by atoms with Crippen molar-refractivity contribution in [3.63, 3.8) is 0 Å². The van der Waals surface area contributed by atoms with Crippen LogP contribution in [0, 0.1) is 0 Å². The Kier molecular flexibility index (Phi) is 5.46. The monoisotopic (exact) mass is 623 g/mol. The first-order chi connectivity index (χ1) is 22.7. The van der Waals surface area contributed by atoms with E-state index in [1.54, 1.807) is 0 Å². The second-order valence-corrected chi connectivity index (χ2v) is 15.8. The minimum absolute atomic E-state index is 0.880. The van der Waals surface area contributed by atoms with Crippen molar-refractivity contribution in [2.24, 2.45) is 0 Å². The van der Waals surface area contributed by atoms with Crippen molar-refractivity contribution in [1.29, 1.82) is 0 Å². The molecule has 10 rings (SSSR count). The predicted octanol–water partition coefficient (Wildman–Crippen LogP) is 10.4. The summed E-state index contributed by atoms with van der Waals surface area (Å²) in [7, 11) is -3.12. The van der Waals surface area contributed by atoms with Crippen LogP contribution in [0.3, 0.4) is 0 Å². The SMILES string of the molecule is O=P1(c2ccccc2)c2ccccc2-c2ccc3c(c21)c1ccccc1n3-c1ccc(-c2ccc3c(c2)sc2ccccc23)cc1. The number of nitrogens with zero attached hydrogens (tertiary/aromatic N) is 1. The predicted molar refractivity (Wildman–Crippen MR) is 197 cm³/mol. The van der Waals surface area contributed by atoms with E-state index in [0.29, 0.717) is 0 Å². The van der Waals surface area contributed by atoms with Crippen LogP contribution in [-0.2, 0) is 4.57 Å². The summed E-state index contributed by atoms with van der Waals surface area (Å²) in [4.78, 5) is 0. The Labute approximate surface area is 270 Å². The lowest BCUT2D eigenvalue weighted by molar-refractivity contribution is 0.593. The fraction of sp³-hybridized carbons (Fsp3) is 0. The molecule has 0 aliphatic carbocycles. The van der Waals surface area contributed by atoms with Crippen LogP contribution in [0.15, 0.2) is 158 Å². The number of thiophene rings is 1. The van der Waals surface area contributed by atoms with Crippen LogP contribution in [0.2, 0.25) is 0 Å². The maximum absolute atomic E-state index is 15.6. The minimum Gasteiger partial charge on any atom is -0.309 e. The third-order valence-corrected chi connectivity index (χ3v) is 13.9. The van der Waals surface area contributed by atoms with E-state index in [9.17, 15) is 0 Å². The topological polar surface area (TPSA) is 22.0 Å². The quantitative estimate of drug-likeness (QED) is 0.180. The van der Waals surface area contributed by atoms with Crippen LogP contribution in [0.25, 0.3) is 69.9 Å². The first-order valence-electron chi connectivity index (χ1n) is 15.5. The molecule has 3 heterocycles. The number of aromatic nitrogens is 1. The van der Waals surface area contributed by atoms with E-state index in [2.05, 4.69) is 126 Å². The molecule has 4 heteroatoms. The van der Waals surface area contributed by atoms with E-state index >= 15 is 4.57 Å². The summed E-state index contributed by atoms with van der Waals surface area (Å²) in [6, 6.07) is 55.6. The summed E-state index contributed by atoms with van der Waals surface area (Å²) >= 11 is 1.85. The largest absolute Gasteiger partial charge is 0.309 e. The van der Waals surface area contributed by atoms with Crippen LogP contribution in [0.5, 0.6) is 0 Å². The highest BCUT2D eigenvalue weighted by molar-refractivity contribution is 7.86. The Morgan fingerprint density at radius 1 is 0.500 bits per heavy atom. The summed E-state index contributed by atoms with van der Waals surface area (Å²) in [6.45, 7) is 0.